The monoisotopic (exact) mass is 624 g/mol. The van der Waals surface area contributed by atoms with E-state index in [2.05, 4.69) is 99.2 Å². The summed E-state index contributed by atoms with van der Waals surface area (Å²) in [5.74, 6) is -1.49. The quantitative estimate of drug-likeness (QED) is 0.179. The van der Waals surface area contributed by atoms with Crippen LogP contribution in [0.15, 0.2) is 42.0 Å². The summed E-state index contributed by atoms with van der Waals surface area (Å²) in [6, 6.07) is 9.24. The standard InChI is InChI=1S/C39H64N2O4/c1-13-35(7)25-31(27(5)37(9,15-3)40(35)11)30(32-26-36(8,14-2)41(12)38(10,16-4)28(32)6)22-23-39(33(42)43,34(44)45)24-29-20-18-17-19-21-29/h17-22,27-28,31-32H,13-16,23-26H2,1-12H3,(H,42,43)(H,44,45). The van der Waals surface area contributed by atoms with Gasteiger partial charge in [-0.3, -0.25) is 19.4 Å². The molecule has 2 aliphatic rings. The Morgan fingerprint density at radius 1 is 0.778 bits per heavy atom. The molecule has 0 amide bonds. The van der Waals surface area contributed by atoms with Crippen molar-refractivity contribution in [2.45, 2.75) is 143 Å². The van der Waals surface area contributed by atoms with Crippen molar-refractivity contribution in [3.8, 4) is 0 Å². The summed E-state index contributed by atoms with van der Waals surface area (Å²) in [6.45, 7) is 23.5. The van der Waals surface area contributed by atoms with Gasteiger partial charge < -0.3 is 10.2 Å². The van der Waals surface area contributed by atoms with Crippen molar-refractivity contribution in [1.29, 1.82) is 0 Å². The van der Waals surface area contributed by atoms with Gasteiger partial charge in [-0.2, -0.15) is 0 Å². The fourth-order valence-electron chi connectivity index (χ4n) is 9.28. The van der Waals surface area contributed by atoms with Gasteiger partial charge >= 0.3 is 11.9 Å². The van der Waals surface area contributed by atoms with Crippen molar-refractivity contribution in [1.82, 2.24) is 9.80 Å². The van der Waals surface area contributed by atoms with Gasteiger partial charge in [0.1, 0.15) is 0 Å². The van der Waals surface area contributed by atoms with Gasteiger partial charge in [-0.15, -0.1) is 0 Å². The largest absolute Gasteiger partial charge is 0.480 e. The van der Waals surface area contributed by atoms with Crippen LogP contribution in [0.25, 0.3) is 0 Å². The highest BCUT2D eigenvalue weighted by Crippen LogP contribution is 2.56. The molecule has 254 valence electrons. The van der Waals surface area contributed by atoms with E-state index in [9.17, 15) is 19.8 Å². The zero-order valence-corrected chi connectivity index (χ0v) is 30.5. The Bertz CT molecular complexity index is 1160. The predicted molar refractivity (Wildman–Crippen MR) is 185 cm³/mol. The van der Waals surface area contributed by atoms with Crippen molar-refractivity contribution in [2.75, 3.05) is 14.1 Å². The fraction of sp³-hybridized carbons (Fsp3) is 0.744. The van der Waals surface area contributed by atoms with Crippen molar-refractivity contribution < 1.29 is 19.8 Å². The normalized spacial score (nSPS) is 36.4. The molecule has 2 heterocycles. The lowest BCUT2D eigenvalue weighted by Gasteiger charge is -2.63. The number of hydrogen-bond acceptors (Lipinski definition) is 4. The molecule has 3 rings (SSSR count). The first kappa shape index (κ1) is 37.3. The smallest absolute Gasteiger partial charge is 0.321 e. The summed E-state index contributed by atoms with van der Waals surface area (Å²) in [5.41, 5.74) is -0.0759. The molecule has 0 aliphatic carbocycles. The first-order chi connectivity index (χ1) is 20.9. The molecule has 0 radical (unpaired) electrons. The number of benzene rings is 1. The average Bonchev–Trinajstić information content (AvgIpc) is 3.03. The number of carboxylic acids is 2. The van der Waals surface area contributed by atoms with Crippen LogP contribution in [0.4, 0.5) is 0 Å². The molecule has 6 heteroatoms. The third-order valence-electron chi connectivity index (χ3n) is 14.3. The van der Waals surface area contributed by atoms with Crippen LogP contribution in [0.2, 0.25) is 0 Å². The zero-order chi connectivity index (χ0) is 34.2. The maximum atomic E-state index is 13.0. The van der Waals surface area contributed by atoms with Crippen LogP contribution in [-0.4, -0.2) is 68.2 Å². The number of aliphatic carboxylic acids is 2. The third-order valence-corrected chi connectivity index (χ3v) is 14.3. The van der Waals surface area contributed by atoms with E-state index in [1.54, 1.807) is 0 Å². The van der Waals surface area contributed by atoms with Crippen molar-refractivity contribution >= 4 is 11.9 Å². The number of carboxylic acid groups (broad SMARTS) is 2. The number of piperidine rings is 2. The lowest BCUT2D eigenvalue weighted by Crippen LogP contribution is -2.67. The Kier molecular flexibility index (Phi) is 11.2. The highest BCUT2D eigenvalue weighted by atomic mass is 16.4. The molecule has 2 aliphatic heterocycles. The van der Waals surface area contributed by atoms with Gasteiger partial charge in [-0.25, -0.2) is 0 Å². The molecule has 2 N–H and O–H groups in total. The molecule has 0 saturated carbocycles. The van der Waals surface area contributed by atoms with Crippen molar-refractivity contribution in [3.05, 3.63) is 47.5 Å². The lowest BCUT2D eigenvalue weighted by molar-refractivity contribution is -0.164. The lowest BCUT2D eigenvalue weighted by atomic mass is 9.55. The predicted octanol–water partition coefficient (Wildman–Crippen LogP) is 8.55. The first-order valence-electron chi connectivity index (χ1n) is 17.6. The van der Waals surface area contributed by atoms with E-state index in [0.29, 0.717) is 11.8 Å². The highest BCUT2D eigenvalue weighted by molar-refractivity contribution is 5.98. The Morgan fingerprint density at radius 2 is 1.18 bits per heavy atom. The molecular formula is C39H64N2O4. The summed E-state index contributed by atoms with van der Waals surface area (Å²) in [7, 11) is 4.56. The van der Waals surface area contributed by atoms with Gasteiger partial charge in [0, 0.05) is 22.2 Å². The molecule has 0 bridgehead atoms. The molecular weight excluding hydrogens is 560 g/mol. The molecule has 8 atom stereocenters. The van der Waals surface area contributed by atoms with Crippen molar-refractivity contribution in [2.24, 2.45) is 29.1 Å². The third kappa shape index (κ3) is 6.27. The number of likely N-dealkylation sites (tertiary alicyclic amines) is 2. The molecule has 8 unspecified atom stereocenters. The summed E-state index contributed by atoms with van der Waals surface area (Å²) in [5, 5.41) is 21.2. The number of hydrogen-bond donors (Lipinski definition) is 2. The van der Waals surface area contributed by atoms with Crippen molar-refractivity contribution in [3.63, 3.8) is 0 Å². The Labute approximate surface area is 274 Å². The number of rotatable bonds is 12. The minimum absolute atomic E-state index is 0.0292. The van der Waals surface area contributed by atoms with E-state index in [-0.39, 0.29) is 46.8 Å². The van der Waals surface area contributed by atoms with E-state index in [1.807, 2.05) is 30.3 Å². The molecule has 2 fully saturated rings. The first-order valence-corrected chi connectivity index (χ1v) is 17.6. The second-order valence-electron chi connectivity index (χ2n) is 15.7. The van der Waals surface area contributed by atoms with Crippen LogP contribution < -0.4 is 0 Å². The Balaban J connectivity index is 2.31. The van der Waals surface area contributed by atoms with E-state index in [0.717, 1.165) is 44.1 Å². The van der Waals surface area contributed by atoms with Crippen LogP contribution in [0, 0.1) is 29.1 Å². The van der Waals surface area contributed by atoms with Crippen LogP contribution in [0.5, 0.6) is 0 Å². The SMILES string of the molecule is CCC1(C)CC(C(=CCC(Cc2ccccc2)(C(=O)O)C(=O)O)C2CC(C)(CC)N(C)C(C)(CC)C2C)C(C)C(C)(CC)N1C. The maximum absolute atomic E-state index is 13.0. The average molecular weight is 625 g/mol. The van der Waals surface area contributed by atoms with Gasteiger partial charge in [0.05, 0.1) is 0 Å². The van der Waals surface area contributed by atoms with E-state index in [4.69, 9.17) is 0 Å². The van der Waals surface area contributed by atoms with Crippen LogP contribution in [0.1, 0.15) is 120 Å². The van der Waals surface area contributed by atoms with Gasteiger partial charge in [-0.05, 0) is 122 Å². The summed E-state index contributed by atoms with van der Waals surface area (Å²) >= 11 is 0. The molecule has 6 nitrogen and oxygen atoms in total. The Hall–Kier alpha value is -2.18. The number of allylic oxidation sites excluding steroid dienone is 2. The minimum Gasteiger partial charge on any atom is -0.480 e. The van der Waals surface area contributed by atoms with Crippen LogP contribution in [-0.2, 0) is 16.0 Å². The summed E-state index contributed by atoms with van der Waals surface area (Å²) < 4.78 is 0. The van der Waals surface area contributed by atoms with Crippen LogP contribution >= 0.6 is 0 Å². The molecule has 0 spiro atoms. The van der Waals surface area contributed by atoms with Crippen LogP contribution in [0.3, 0.4) is 0 Å². The van der Waals surface area contributed by atoms with E-state index in [1.165, 1.54) is 5.57 Å². The molecule has 45 heavy (non-hydrogen) atoms. The summed E-state index contributed by atoms with van der Waals surface area (Å²) in [6.07, 6.45) is 8.04. The molecule has 1 aromatic rings. The second-order valence-corrected chi connectivity index (χ2v) is 15.7. The molecule has 2 saturated heterocycles. The molecule has 1 aromatic carbocycles. The van der Waals surface area contributed by atoms with Gasteiger partial charge in [-0.1, -0.05) is 83.5 Å². The topological polar surface area (TPSA) is 81.1 Å². The minimum atomic E-state index is -1.94. The van der Waals surface area contributed by atoms with Gasteiger partial charge in [0.2, 0.25) is 0 Å². The summed E-state index contributed by atoms with van der Waals surface area (Å²) in [4.78, 5) is 31.3. The zero-order valence-electron chi connectivity index (χ0n) is 30.5. The fourth-order valence-corrected chi connectivity index (χ4v) is 9.28. The highest BCUT2D eigenvalue weighted by Gasteiger charge is 2.57. The maximum Gasteiger partial charge on any atom is 0.321 e. The number of carbonyl (C=O) groups is 2. The Morgan fingerprint density at radius 3 is 1.51 bits per heavy atom. The van der Waals surface area contributed by atoms with Gasteiger partial charge in [0.15, 0.2) is 5.41 Å². The number of nitrogens with zero attached hydrogens (tertiary/aromatic N) is 2. The van der Waals surface area contributed by atoms with E-state index < -0.39 is 17.4 Å². The van der Waals surface area contributed by atoms with Gasteiger partial charge in [0.25, 0.3) is 0 Å². The van der Waals surface area contributed by atoms with E-state index >= 15 is 0 Å². The second kappa shape index (κ2) is 13.5. The molecule has 0 aromatic heterocycles.